The average Bonchev–Trinajstić information content (AvgIpc) is 2.95. The van der Waals surface area contributed by atoms with E-state index in [9.17, 15) is 9.18 Å². The molecule has 0 spiro atoms. The Balaban J connectivity index is 1.82. The molecule has 0 radical (unpaired) electrons. The summed E-state index contributed by atoms with van der Waals surface area (Å²) >= 11 is 0. The highest BCUT2D eigenvalue weighted by Crippen LogP contribution is 2.24. The Bertz CT molecular complexity index is 867. The quantitative estimate of drug-likeness (QED) is 0.615. The summed E-state index contributed by atoms with van der Waals surface area (Å²) in [6.45, 7) is 4.67. The summed E-state index contributed by atoms with van der Waals surface area (Å²) in [6.07, 6.45) is 1.87. The molecule has 3 rings (SSSR count). The Morgan fingerprint density at radius 1 is 1.12 bits per heavy atom. The minimum absolute atomic E-state index is 0.0566. The summed E-state index contributed by atoms with van der Waals surface area (Å²) in [7, 11) is 0. The molecule has 0 aliphatic carbocycles. The van der Waals surface area contributed by atoms with Crippen LogP contribution in [-0.2, 0) is 6.54 Å². The molecule has 24 heavy (non-hydrogen) atoms. The Morgan fingerprint density at radius 3 is 2.58 bits per heavy atom. The minimum Gasteiger partial charge on any atom is -0.489 e. The number of ether oxygens (including phenoxy) is 1. The van der Waals surface area contributed by atoms with Gasteiger partial charge in [0.25, 0.3) is 0 Å². The monoisotopic (exact) mass is 325 g/mol. The van der Waals surface area contributed by atoms with Crippen LogP contribution in [0.2, 0.25) is 0 Å². The zero-order valence-electron chi connectivity index (χ0n) is 13.8. The van der Waals surface area contributed by atoms with E-state index >= 15 is 0 Å². The Kier molecular flexibility index (Phi) is 4.65. The third kappa shape index (κ3) is 3.18. The van der Waals surface area contributed by atoms with Gasteiger partial charge in [0.05, 0.1) is 6.54 Å². The summed E-state index contributed by atoms with van der Waals surface area (Å²) in [5.41, 5.74) is 1.71. The Labute approximate surface area is 140 Å². The molecule has 0 saturated carbocycles. The van der Waals surface area contributed by atoms with Crippen LogP contribution in [0.3, 0.4) is 0 Å². The van der Waals surface area contributed by atoms with Gasteiger partial charge in [-0.15, -0.1) is 0 Å². The van der Waals surface area contributed by atoms with E-state index in [1.807, 2.05) is 48.9 Å². The molecule has 0 fully saturated rings. The van der Waals surface area contributed by atoms with E-state index in [2.05, 4.69) is 0 Å². The predicted octanol–water partition coefficient (Wildman–Crippen LogP) is 4.70. The summed E-state index contributed by atoms with van der Waals surface area (Å²) in [5.74, 6) is -0.0585. The van der Waals surface area contributed by atoms with Crippen molar-refractivity contribution in [3.8, 4) is 5.75 Å². The van der Waals surface area contributed by atoms with Crippen LogP contribution in [0.15, 0.2) is 54.7 Å². The fraction of sp³-hybridized carbons (Fsp3) is 0.250. The zero-order chi connectivity index (χ0) is 17.1. The van der Waals surface area contributed by atoms with Crippen molar-refractivity contribution in [2.24, 2.45) is 5.92 Å². The van der Waals surface area contributed by atoms with Crippen molar-refractivity contribution in [3.05, 3.63) is 66.1 Å². The molecule has 0 amide bonds. The maximum absolute atomic E-state index is 13.6. The highest BCUT2D eigenvalue weighted by molar-refractivity contribution is 6.08. The van der Waals surface area contributed by atoms with Gasteiger partial charge in [-0.25, -0.2) is 4.39 Å². The second-order valence-corrected chi connectivity index (χ2v) is 6.05. The van der Waals surface area contributed by atoms with Gasteiger partial charge in [-0.3, -0.25) is 4.79 Å². The van der Waals surface area contributed by atoms with E-state index in [4.69, 9.17) is 4.74 Å². The van der Waals surface area contributed by atoms with Crippen molar-refractivity contribution in [3.63, 3.8) is 0 Å². The van der Waals surface area contributed by atoms with Crippen LogP contribution >= 0.6 is 0 Å². The lowest BCUT2D eigenvalue weighted by molar-refractivity contribution is 0.0941. The van der Waals surface area contributed by atoms with Crippen LogP contribution in [0.25, 0.3) is 10.9 Å². The van der Waals surface area contributed by atoms with Gasteiger partial charge in [-0.1, -0.05) is 44.2 Å². The van der Waals surface area contributed by atoms with Crippen LogP contribution in [0.4, 0.5) is 4.39 Å². The van der Waals surface area contributed by atoms with Crippen molar-refractivity contribution in [1.29, 1.82) is 0 Å². The average molecular weight is 325 g/mol. The fourth-order valence-electron chi connectivity index (χ4n) is 2.75. The molecule has 3 nitrogen and oxygen atoms in total. The number of aromatic nitrogens is 1. The lowest BCUT2D eigenvalue weighted by Gasteiger charge is -2.08. The lowest BCUT2D eigenvalue weighted by Crippen LogP contribution is -2.09. The molecular formula is C20H20FNO2. The fourth-order valence-corrected chi connectivity index (χ4v) is 2.75. The molecule has 0 unspecified atom stereocenters. The third-order valence-corrected chi connectivity index (χ3v) is 4.00. The number of nitrogens with zero attached hydrogens (tertiary/aromatic N) is 1. The van der Waals surface area contributed by atoms with Gasteiger partial charge in [0, 0.05) is 28.6 Å². The topological polar surface area (TPSA) is 31.2 Å². The number of para-hydroxylation sites is 2. The van der Waals surface area contributed by atoms with Gasteiger partial charge >= 0.3 is 0 Å². The van der Waals surface area contributed by atoms with Gasteiger partial charge in [0.1, 0.15) is 6.61 Å². The SMILES string of the molecule is CC(C)C(=O)c1cn(CCOc2ccccc2F)c2ccccc12. The molecule has 2 aromatic carbocycles. The van der Waals surface area contributed by atoms with Crippen LogP contribution in [0.5, 0.6) is 5.75 Å². The summed E-state index contributed by atoms with van der Waals surface area (Å²) < 4.78 is 21.1. The predicted molar refractivity (Wildman–Crippen MR) is 93.0 cm³/mol. The lowest BCUT2D eigenvalue weighted by atomic mass is 10.0. The van der Waals surface area contributed by atoms with E-state index in [0.717, 1.165) is 16.5 Å². The highest BCUT2D eigenvalue weighted by Gasteiger charge is 2.17. The molecule has 0 bridgehead atoms. The van der Waals surface area contributed by atoms with Gasteiger partial charge in [-0.2, -0.15) is 0 Å². The molecule has 0 atom stereocenters. The maximum atomic E-state index is 13.6. The molecule has 0 saturated heterocycles. The number of hydrogen-bond acceptors (Lipinski definition) is 2. The zero-order valence-corrected chi connectivity index (χ0v) is 13.8. The van der Waals surface area contributed by atoms with E-state index in [1.54, 1.807) is 18.2 Å². The first-order chi connectivity index (χ1) is 11.6. The molecule has 124 valence electrons. The number of rotatable bonds is 6. The molecule has 1 aromatic heterocycles. The number of hydrogen-bond donors (Lipinski definition) is 0. The molecular weight excluding hydrogens is 305 g/mol. The number of fused-ring (bicyclic) bond motifs is 1. The van der Waals surface area contributed by atoms with Gasteiger partial charge < -0.3 is 9.30 Å². The van der Waals surface area contributed by atoms with Crippen LogP contribution in [0.1, 0.15) is 24.2 Å². The van der Waals surface area contributed by atoms with E-state index < -0.39 is 0 Å². The second-order valence-electron chi connectivity index (χ2n) is 6.05. The molecule has 3 aromatic rings. The molecule has 4 heteroatoms. The number of carbonyl (C=O) groups is 1. The first-order valence-corrected chi connectivity index (χ1v) is 8.07. The van der Waals surface area contributed by atoms with E-state index in [0.29, 0.717) is 13.2 Å². The van der Waals surface area contributed by atoms with Crippen molar-refractivity contribution in [2.45, 2.75) is 20.4 Å². The molecule has 0 aliphatic heterocycles. The van der Waals surface area contributed by atoms with Crippen molar-refractivity contribution in [2.75, 3.05) is 6.61 Å². The van der Waals surface area contributed by atoms with Crippen molar-refractivity contribution in [1.82, 2.24) is 4.57 Å². The van der Waals surface area contributed by atoms with Crippen molar-refractivity contribution >= 4 is 16.7 Å². The van der Waals surface area contributed by atoms with Crippen LogP contribution in [0, 0.1) is 11.7 Å². The second kappa shape index (κ2) is 6.87. The van der Waals surface area contributed by atoms with Crippen LogP contribution in [-0.4, -0.2) is 17.0 Å². The normalized spacial score (nSPS) is 11.2. The van der Waals surface area contributed by atoms with Gasteiger partial charge in [0.15, 0.2) is 17.3 Å². The first kappa shape index (κ1) is 16.2. The van der Waals surface area contributed by atoms with E-state index in [1.165, 1.54) is 6.07 Å². The van der Waals surface area contributed by atoms with Gasteiger partial charge in [0.2, 0.25) is 0 Å². The smallest absolute Gasteiger partial charge is 0.167 e. The van der Waals surface area contributed by atoms with Gasteiger partial charge in [-0.05, 0) is 18.2 Å². The standard InChI is InChI=1S/C20H20FNO2/c1-14(2)20(23)16-13-22(18-9-5-3-7-15(16)18)11-12-24-19-10-6-4-8-17(19)21/h3-10,13-14H,11-12H2,1-2H3. The first-order valence-electron chi connectivity index (χ1n) is 8.07. The molecule has 0 N–H and O–H groups in total. The third-order valence-electron chi connectivity index (χ3n) is 4.00. The summed E-state index contributed by atoms with van der Waals surface area (Å²) in [5, 5.41) is 0.946. The molecule has 0 aliphatic rings. The minimum atomic E-state index is -0.370. The number of benzene rings is 2. The van der Waals surface area contributed by atoms with Crippen molar-refractivity contribution < 1.29 is 13.9 Å². The number of halogens is 1. The summed E-state index contributed by atoms with van der Waals surface area (Å²) in [6, 6.07) is 14.2. The Morgan fingerprint density at radius 2 is 1.83 bits per heavy atom. The Hall–Kier alpha value is -2.62. The largest absolute Gasteiger partial charge is 0.489 e. The number of ketones is 1. The summed E-state index contributed by atoms with van der Waals surface area (Å²) in [4.78, 5) is 12.4. The highest BCUT2D eigenvalue weighted by atomic mass is 19.1. The maximum Gasteiger partial charge on any atom is 0.167 e. The number of carbonyl (C=O) groups excluding carboxylic acids is 1. The van der Waals surface area contributed by atoms with Crippen LogP contribution < -0.4 is 4.74 Å². The number of Topliss-reactive ketones (excluding diaryl/α,β-unsaturated/α-hetero) is 1. The van der Waals surface area contributed by atoms with E-state index in [-0.39, 0.29) is 23.3 Å². The molecule has 1 heterocycles.